The van der Waals surface area contributed by atoms with Crippen molar-refractivity contribution in [1.82, 2.24) is 0 Å². The zero-order valence-electron chi connectivity index (χ0n) is 7.35. The normalized spacial score (nSPS) is 33.0. The minimum absolute atomic E-state index is 0.383. The molecule has 1 rings (SSSR count). The predicted molar refractivity (Wildman–Crippen MR) is 48.1 cm³/mol. The van der Waals surface area contributed by atoms with Crippen molar-refractivity contribution in [2.75, 3.05) is 0 Å². The molecule has 1 fully saturated rings. The van der Waals surface area contributed by atoms with Gasteiger partial charge in [-0.3, -0.25) is 0 Å². The van der Waals surface area contributed by atoms with E-state index in [1.807, 2.05) is 0 Å². The van der Waals surface area contributed by atoms with E-state index < -0.39 is 0 Å². The summed E-state index contributed by atoms with van der Waals surface area (Å²) >= 11 is 5.82. The average Bonchev–Trinajstić information content (AvgIpc) is 1.85. The standard InChI is InChI=1S/C9H17ClO/c1-3-4-7(2)11-9-5-8(10)6-9/h7-9H,3-6H2,1-2H3. The second-order valence-corrected chi connectivity index (χ2v) is 4.04. The van der Waals surface area contributed by atoms with E-state index in [1.165, 1.54) is 12.8 Å². The zero-order chi connectivity index (χ0) is 8.27. The summed E-state index contributed by atoms with van der Waals surface area (Å²) in [4.78, 5) is 0. The van der Waals surface area contributed by atoms with Gasteiger partial charge in [0, 0.05) is 5.38 Å². The Hall–Kier alpha value is 0.250. The Morgan fingerprint density at radius 1 is 1.55 bits per heavy atom. The number of hydrogen-bond acceptors (Lipinski definition) is 1. The molecule has 0 bridgehead atoms. The maximum absolute atomic E-state index is 5.82. The molecule has 0 aromatic carbocycles. The van der Waals surface area contributed by atoms with Crippen molar-refractivity contribution >= 4 is 11.6 Å². The molecule has 11 heavy (non-hydrogen) atoms. The zero-order valence-corrected chi connectivity index (χ0v) is 8.10. The monoisotopic (exact) mass is 176 g/mol. The van der Waals surface area contributed by atoms with E-state index in [1.54, 1.807) is 0 Å². The van der Waals surface area contributed by atoms with E-state index in [9.17, 15) is 0 Å². The van der Waals surface area contributed by atoms with Gasteiger partial charge in [-0.2, -0.15) is 0 Å². The molecule has 0 radical (unpaired) electrons. The highest BCUT2D eigenvalue weighted by atomic mass is 35.5. The fraction of sp³-hybridized carbons (Fsp3) is 1.00. The molecule has 0 spiro atoms. The minimum atomic E-state index is 0.383. The van der Waals surface area contributed by atoms with Crippen LogP contribution >= 0.6 is 11.6 Å². The second kappa shape index (κ2) is 4.32. The molecule has 0 aliphatic heterocycles. The smallest absolute Gasteiger partial charge is 0.0606 e. The van der Waals surface area contributed by atoms with Crippen LogP contribution in [0.15, 0.2) is 0 Å². The lowest BCUT2D eigenvalue weighted by molar-refractivity contribution is -0.0440. The van der Waals surface area contributed by atoms with E-state index in [0.29, 0.717) is 17.6 Å². The lowest BCUT2D eigenvalue weighted by Gasteiger charge is -2.33. The van der Waals surface area contributed by atoms with Crippen LogP contribution in [0.1, 0.15) is 39.5 Å². The van der Waals surface area contributed by atoms with Crippen LogP contribution < -0.4 is 0 Å². The van der Waals surface area contributed by atoms with Crippen LogP contribution in [0, 0.1) is 0 Å². The Bertz CT molecular complexity index is 107. The molecular weight excluding hydrogens is 160 g/mol. The lowest BCUT2D eigenvalue weighted by atomic mass is 9.95. The van der Waals surface area contributed by atoms with Gasteiger partial charge in [0.1, 0.15) is 0 Å². The lowest BCUT2D eigenvalue weighted by Crippen LogP contribution is -2.34. The summed E-state index contributed by atoms with van der Waals surface area (Å²) in [5, 5.41) is 0.383. The van der Waals surface area contributed by atoms with Crippen molar-refractivity contribution in [3.63, 3.8) is 0 Å². The molecule has 0 saturated heterocycles. The quantitative estimate of drug-likeness (QED) is 0.599. The summed E-state index contributed by atoms with van der Waals surface area (Å²) < 4.78 is 5.71. The minimum Gasteiger partial charge on any atom is -0.375 e. The van der Waals surface area contributed by atoms with Crippen LogP contribution in [0.4, 0.5) is 0 Å². The molecule has 0 aromatic heterocycles. The highest BCUT2D eigenvalue weighted by Crippen LogP contribution is 2.29. The molecule has 1 aliphatic carbocycles. The Labute approximate surface area is 74.1 Å². The SMILES string of the molecule is CCCC(C)OC1CC(Cl)C1. The molecule has 0 N–H and O–H groups in total. The Morgan fingerprint density at radius 2 is 2.18 bits per heavy atom. The fourth-order valence-corrected chi connectivity index (χ4v) is 1.81. The molecule has 0 heterocycles. The van der Waals surface area contributed by atoms with Gasteiger partial charge < -0.3 is 4.74 Å². The molecule has 1 nitrogen and oxygen atoms in total. The molecule has 0 aromatic rings. The van der Waals surface area contributed by atoms with Crippen molar-refractivity contribution < 1.29 is 4.74 Å². The van der Waals surface area contributed by atoms with Gasteiger partial charge in [-0.25, -0.2) is 0 Å². The van der Waals surface area contributed by atoms with Gasteiger partial charge in [0.2, 0.25) is 0 Å². The Balaban J connectivity index is 2.02. The molecule has 66 valence electrons. The highest BCUT2D eigenvalue weighted by molar-refractivity contribution is 6.21. The van der Waals surface area contributed by atoms with Gasteiger partial charge in [-0.15, -0.1) is 11.6 Å². The van der Waals surface area contributed by atoms with Crippen LogP contribution in [-0.2, 0) is 4.74 Å². The molecule has 2 heteroatoms. The number of halogens is 1. The van der Waals surface area contributed by atoms with Crippen molar-refractivity contribution in [1.29, 1.82) is 0 Å². The van der Waals surface area contributed by atoms with E-state index in [0.717, 1.165) is 12.8 Å². The van der Waals surface area contributed by atoms with Crippen LogP contribution in [0.2, 0.25) is 0 Å². The van der Waals surface area contributed by atoms with Crippen LogP contribution in [0.25, 0.3) is 0 Å². The molecular formula is C9H17ClO. The van der Waals surface area contributed by atoms with Crippen LogP contribution in [-0.4, -0.2) is 17.6 Å². The third-order valence-corrected chi connectivity index (χ3v) is 2.51. The van der Waals surface area contributed by atoms with Gasteiger partial charge in [-0.1, -0.05) is 13.3 Å². The maximum Gasteiger partial charge on any atom is 0.0606 e. The summed E-state index contributed by atoms with van der Waals surface area (Å²) in [6, 6.07) is 0. The summed E-state index contributed by atoms with van der Waals surface area (Å²) in [6.07, 6.45) is 5.36. The first-order chi connectivity index (χ1) is 5.22. The molecule has 1 atom stereocenters. The number of ether oxygens (including phenoxy) is 1. The average molecular weight is 177 g/mol. The van der Waals surface area contributed by atoms with E-state index >= 15 is 0 Å². The topological polar surface area (TPSA) is 9.23 Å². The number of rotatable bonds is 4. The van der Waals surface area contributed by atoms with Crippen LogP contribution in [0.3, 0.4) is 0 Å². The maximum atomic E-state index is 5.82. The van der Waals surface area contributed by atoms with Crippen molar-refractivity contribution in [2.24, 2.45) is 0 Å². The molecule has 1 saturated carbocycles. The summed E-state index contributed by atoms with van der Waals surface area (Å²) in [5.74, 6) is 0. The van der Waals surface area contributed by atoms with E-state index in [2.05, 4.69) is 13.8 Å². The number of alkyl halides is 1. The summed E-state index contributed by atoms with van der Waals surface area (Å²) in [5.41, 5.74) is 0. The van der Waals surface area contributed by atoms with Crippen molar-refractivity contribution in [3.05, 3.63) is 0 Å². The Kier molecular flexibility index (Phi) is 3.67. The van der Waals surface area contributed by atoms with Crippen molar-refractivity contribution in [3.8, 4) is 0 Å². The predicted octanol–water partition coefficient (Wildman–Crippen LogP) is 2.96. The van der Waals surface area contributed by atoms with Gasteiger partial charge in [0.25, 0.3) is 0 Å². The largest absolute Gasteiger partial charge is 0.375 e. The first-order valence-electron chi connectivity index (χ1n) is 4.52. The van der Waals surface area contributed by atoms with Crippen molar-refractivity contribution in [2.45, 2.75) is 57.1 Å². The second-order valence-electron chi connectivity index (χ2n) is 3.43. The first kappa shape index (κ1) is 9.34. The fourth-order valence-electron chi connectivity index (χ4n) is 1.42. The van der Waals surface area contributed by atoms with Gasteiger partial charge in [-0.05, 0) is 26.2 Å². The van der Waals surface area contributed by atoms with Crippen LogP contribution in [0.5, 0.6) is 0 Å². The van der Waals surface area contributed by atoms with Gasteiger partial charge in [0.05, 0.1) is 12.2 Å². The molecule has 1 unspecified atom stereocenters. The van der Waals surface area contributed by atoms with Gasteiger partial charge in [0.15, 0.2) is 0 Å². The Morgan fingerprint density at radius 3 is 2.64 bits per heavy atom. The summed E-state index contributed by atoms with van der Waals surface area (Å²) in [6.45, 7) is 4.33. The first-order valence-corrected chi connectivity index (χ1v) is 4.95. The van der Waals surface area contributed by atoms with E-state index in [-0.39, 0.29) is 0 Å². The molecule has 1 aliphatic rings. The van der Waals surface area contributed by atoms with Gasteiger partial charge >= 0.3 is 0 Å². The third kappa shape index (κ3) is 3.00. The summed E-state index contributed by atoms with van der Waals surface area (Å²) in [7, 11) is 0. The number of hydrogen-bond donors (Lipinski definition) is 0. The third-order valence-electron chi connectivity index (χ3n) is 2.16. The highest BCUT2D eigenvalue weighted by Gasteiger charge is 2.28. The molecule has 0 amide bonds. The van der Waals surface area contributed by atoms with E-state index in [4.69, 9.17) is 16.3 Å².